The molecule has 24 heavy (non-hydrogen) atoms. The lowest BCUT2D eigenvalue weighted by molar-refractivity contribution is -0.001000. The Kier molecular flexibility index (Phi) is 11.4. The summed E-state index contributed by atoms with van der Waals surface area (Å²) in [7, 11) is 0. The van der Waals surface area contributed by atoms with Crippen LogP contribution in [0.1, 0.15) is 6.92 Å². The van der Waals surface area contributed by atoms with E-state index in [2.05, 4.69) is 32.7 Å². The summed E-state index contributed by atoms with van der Waals surface area (Å²) < 4.78 is 32.6. The van der Waals surface area contributed by atoms with Gasteiger partial charge in [0.15, 0.2) is 17.4 Å². The van der Waals surface area contributed by atoms with Gasteiger partial charge in [0.1, 0.15) is 12.7 Å². The van der Waals surface area contributed by atoms with Crippen LogP contribution in [0, 0.1) is 11.6 Å². The molecule has 9 heteroatoms. The van der Waals surface area contributed by atoms with E-state index in [-0.39, 0.29) is 31.4 Å². The van der Waals surface area contributed by atoms with Crippen molar-refractivity contribution in [3.8, 4) is 5.75 Å². The maximum absolute atomic E-state index is 13.6. The molecule has 0 aromatic heterocycles. The van der Waals surface area contributed by atoms with Crippen molar-refractivity contribution >= 4 is 15.9 Å². The lowest BCUT2D eigenvalue weighted by Crippen LogP contribution is -3.00. The van der Waals surface area contributed by atoms with Crippen LogP contribution in [0.15, 0.2) is 16.6 Å². The van der Waals surface area contributed by atoms with E-state index in [4.69, 9.17) is 4.74 Å². The smallest absolute Gasteiger partial charge is 0.190 e. The van der Waals surface area contributed by atoms with Crippen LogP contribution in [0.3, 0.4) is 0 Å². The fourth-order valence-corrected chi connectivity index (χ4v) is 2.89. The number of aliphatic hydroxyl groups excluding tert-OH is 1. The molecule has 0 amide bonds. The van der Waals surface area contributed by atoms with E-state index >= 15 is 0 Å². The lowest BCUT2D eigenvalue weighted by atomic mass is 10.2. The van der Waals surface area contributed by atoms with E-state index in [9.17, 15) is 13.9 Å². The number of aliphatic hydroxyl groups is 1. The minimum atomic E-state index is -0.782. The van der Waals surface area contributed by atoms with Crippen LogP contribution in [0.25, 0.3) is 0 Å². The molecule has 1 atom stereocenters. The fourth-order valence-electron chi connectivity index (χ4n) is 2.49. The van der Waals surface area contributed by atoms with Crippen molar-refractivity contribution in [3.05, 3.63) is 28.2 Å². The number of piperazine rings is 1. The number of halogens is 5. The van der Waals surface area contributed by atoms with Crippen molar-refractivity contribution in [1.82, 2.24) is 9.80 Å². The van der Waals surface area contributed by atoms with Crippen LogP contribution < -0.4 is 29.6 Å². The Morgan fingerprint density at radius 2 is 1.62 bits per heavy atom. The molecule has 1 heterocycles. The Hall–Kier alpha value is -0.180. The van der Waals surface area contributed by atoms with Gasteiger partial charge in [0, 0.05) is 37.2 Å². The van der Waals surface area contributed by atoms with Crippen molar-refractivity contribution in [3.63, 3.8) is 0 Å². The molecular weight excluding hydrogens is 429 g/mol. The van der Waals surface area contributed by atoms with Gasteiger partial charge >= 0.3 is 0 Å². The predicted molar refractivity (Wildman–Crippen MR) is 84.1 cm³/mol. The summed E-state index contributed by atoms with van der Waals surface area (Å²) in [5, 5.41) is 9.99. The quantitative estimate of drug-likeness (QED) is 0.482. The minimum absolute atomic E-state index is 0. The van der Waals surface area contributed by atoms with Crippen molar-refractivity contribution < 1.29 is 43.4 Å². The zero-order valence-corrected chi connectivity index (χ0v) is 16.4. The highest BCUT2D eigenvalue weighted by Gasteiger charge is 2.19. The third-order valence-corrected chi connectivity index (χ3v) is 4.22. The molecule has 2 rings (SSSR count). The maximum Gasteiger partial charge on any atom is 0.190 e. The Morgan fingerprint density at radius 1 is 1.12 bits per heavy atom. The van der Waals surface area contributed by atoms with Gasteiger partial charge in [0.2, 0.25) is 0 Å². The summed E-state index contributed by atoms with van der Waals surface area (Å²) >= 11 is 3.01. The Bertz CT molecular complexity index is 483. The van der Waals surface area contributed by atoms with Crippen LogP contribution in [-0.4, -0.2) is 66.9 Å². The molecule has 0 aliphatic carbocycles. The highest BCUT2D eigenvalue weighted by molar-refractivity contribution is 9.10. The van der Waals surface area contributed by atoms with Gasteiger partial charge in [-0.3, -0.25) is 4.90 Å². The summed E-state index contributed by atoms with van der Waals surface area (Å²) in [6.07, 6.45) is -0.782. The number of benzene rings is 1. The van der Waals surface area contributed by atoms with Crippen molar-refractivity contribution in [1.29, 1.82) is 0 Å². The second-order valence-corrected chi connectivity index (χ2v) is 6.31. The van der Waals surface area contributed by atoms with E-state index in [0.29, 0.717) is 11.0 Å². The zero-order chi connectivity index (χ0) is 16.1. The average molecular weight is 450 g/mol. The molecule has 1 aliphatic rings. The minimum Gasteiger partial charge on any atom is -1.00 e. The van der Waals surface area contributed by atoms with Gasteiger partial charge in [-0.2, -0.15) is 0 Å². The molecular formula is C15H21BrCl2F2N2O2-2. The summed E-state index contributed by atoms with van der Waals surface area (Å²) in [6.45, 7) is 7.17. The van der Waals surface area contributed by atoms with Crippen LogP contribution >= 0.6 is 15.9 Å². The van der Waals surface area contributed by atoms with Crippen LogP contribution in [0.4, 0.5) is 8.78 Å². The molecule has 0 radical (unpaired) electrons. The summed E-state index contributed by atoms with van der Waals surface area (Å²) in [5.74, 6) is -2.01. The van der Waals surface area contributed by atoms with Crippen LogP contribution in [0.5, 0.6) is 5.75 Å². The predicted octanol–water partition coefficient (Wildman–Crippen LogP) is -3.89. The second kappa shape index (κ2) is 11.4. The summed E-state index contributed by atoms with van der Waals surface area (Å²) in [4.78, 5) is 4.47. The largest absolute Gasteiger partial charge is 1.00 e. The first-order valence-corrected chi connectivity index (χ1v) is 8.19. The van der Waals surface area contributed by atoms with Gasteiger partial charge in [-0.25, -0.2) is 8.78 Å². The molecule has 1 aromatic carbocycles. The van der Waals surface area contributed by atoms with Crippen LogP contribution in [-0.2, 0) is 0 Å². The average Bonchev–Trinajstić information content (AvgIpc) is 2.47. The lowest BCUT2D eigenvalue weighted by Gasteiger charge is -2.34. The first-order valence-electron chi connectivity index (χ1n) is 7.39. The molecule has 1 N–H and O–H groups in total. The zero-order valence-electron chi connectivity index (χ0n) is 13.3. The third kappa shape index (κ3) is 6.98. The van der Waals surface area contributed by atoms with Gasteiger partial charge in [-0.05, 0) is 18.7 Å². The Morgan fingerprint density at radius 3 is 2.12 bits per heavy atom. The van der Waals surface area contributed by atoms with E-state index in [1.54, 1.807) is 0 Å². The van der Waals surface area contributed by atoms with E-state index in [0.717, 1.165) is 44.9 Å². The van der Waals surface area contributed by atoms with Gasteiger partial charge in [-0.15, -0.1) is 0 Å². The molecule has 4 nitrogen and oxygen atoms in total. The van der Waals surface area contributed by atoms with Gasteiger partial charge in [-0.1, -0.05) is 22.9 Å². The number of hydrogen-bond donors (Lipinski definition) is 1. The third-order valence-electron chi connectivity index (χ3n) is 3.76. The normalized spacial score (nSPS) is 16.9. The van der Waals surface area contributed by atoms with Gasteiger partial charge < -0.3 is 39.6 Å². The number of likely N-dealkylation sites (N-methyl/N-ethyl adjacent to an activating group) is 1. The van der Waals surface area contributed by atoms with Crippen molar-refractivity contribution in [2.24, 2.45) is 0 Å². The standard InChI is InChI=1S/C15H21BrF2N2O2.2ClH/c1-2-19-3-5-20(6-4-19)9-12(21)10-22-15-13(17)7-11(16)8-14(15)18;;/h7-8,12,21H,2-6,9-10H2,1H3;2*1H/p-2. The molecule has 1 aliphatic heterocycles. The van der Waals surface area contributed by atoms with Crippen molar-refractivity contribution in [2.75, 3.05) is 45.9 Å². The van der Waals surface area contributed by atoms with Crippen LogP contribution in [0.2, 0.25) is 0 Å². The van der Waals surface area contributed by atoms with Gasteiger partial charge in [0.05, 0.1) is 0 Å². The van der Waals surface area contributed by atoms with E-state index < -0.39 is 23.5 Å². The first kappa shape index (κ1) is 23.8. The molecule has 140 valence electrons. The molecule has 1 saturated heterocycles. The first-order chi connectivity index (χ1) is 10.5. The number of rotatable bonds is 6. The number of hydrogen-bond acceptors (Lipinski definition) is 4. The topological polar surface area (TPSA) is 35.9 Å². The van der Waals surface area contributed by atoms with E-state index in [1.807, 2.05) is 0 Å². The molecule has 0 saturated carbocycles. The Balaban J connectivity index is 0.00000264. The maximum atomic E-state index is 13.6. The fraction of sp³-hybridized carbons (Fsp3) is 0.600. The Labute approximate surface area is 162 Å². The molecule has 1 aromatic rings. The van der Waals surface area contributed by atoms with E-state index in [1.165, 1.54) is 0 Å². The molecule has 1 unspecified atom stereocenters. The van der Waals surface area contributed by atoms with Gasteiger partial charge in [0.25, 0.3) is 0 Å². The SMILES string of the molecule is CCN1CCN(CC(O)COc2c(F)cc(Br)cc2F)CC1.[Cl-].[Cl-]. The molecule has 0 bridgehead atoms. The number of ether oxygens (including phenoxy) is 1. The molecule has 1 fully saturated rings. The highest BCUT2D eigenvalue weighted by Crippen LogP contribution is 2.26. The molecule has 0 spiro atoms. The second-order valence-electron chi connectivity index (χ2n) is 5.40. The van der Waals surface area contributed by atoms with Crippen molar-refractivity contribution in [2.45, 2.75) is 13.0 Å². The summed E-state index contributed by atoms with van der Waals surface area (Å²) in [5.41, 5.74) is 0. The monoisotopic (exact) mass is 448 g/mol. The highest BCUT2D eigenvalue weighted by atomic mass is 79.9. The summed E-state index contributed by atoms with van der Waals surface area (Å²) in [6, 6.07) is 2.27. The number of nitrogens with zero attached hydrogens (tertiary/aromatic N) is 2. The number of β-amino-alcohol motifs (C(OH)–C–C–N with tert-alkyl or cyclic N) is 1.